The third kappa shape index (κ3) is 1.23. The van der Waals surface area contributed by atoms with Crippen LogP contribution in [0.3, 0.4) is 0 Å². The molecule has 2 rings (SSSR count). The summed E-state index contributed by atoms with van der Waals surface area (Å²) in [6.45, 7) is 4.25. The second-order valence-electron chi connectivity index (χ2n) is 3.48. The highest BCUT2D eigenvalue weighted by molar-refractivity contribution is 5.86. The molecule has 0 aliphatic rings. The van der Waals surface area contributed by atoms with E-state index in [-0.39, 0.29) is 0 Å². The summed E-state index contributed by atoms with van der Waals surface area (Å²) in [5.41, 5.74) is 8.45. The molecule has 0 aliphatic heterocycles. The minimum atomic E-state index is 0.360. The van der Waals surface area contributed by atoms with E-state index >= 15 is 0 Å². The van der Waals surface area contributed by atoms with Crippen LogP contribution in [-0.4, -0.2) is 14.8 Å². The Bertz CT molecular complexity index is 446. The molecule has 4 nitrogen and oxygen atoms in total. The van der Waals surface area contributed by atoms with Gasteiger partial charge < -0.3 is 5.73 Å². The lowest BCUT2D eigenvalue weighted by Crippen LogP contribution is -2.06. The minimum absolute atomic E-state index is 0.360. The molecule has 0 aromatic carbocycles. The van der Waals surface area contributed by atoms with E-state index in [1.807, 2.05) is 10.7 Å². The molecular formula is C10H14N4. The van der Waals surface area contributed by atoms with Gasteiger partial charge in [0.1, 0.15) is 11.0 Å². The van der Waals surface area contributed by atoms with Crippen molar-refractivity contribution in [2.24, 2.45) is 0 Å². The fraction of sp³-hybridized carbons (Fsp3) is 0.400. The molecule has 0 radical (unpaired) electrons. The van der Waals surface area contributed by atoms with Crippen LogP contribution < -0.4 is 5.73 Å². The van der Waals surface area contributed by atoms with Crippen LogP contribution in [0.5, 0.6) is 0 Å². The fourth-order valence-corrected chi connectivity index (χ4v) is 1.51. The summed E-state index contributed by atoms with van der Waals surface area (Å²) in [4.78, 5) is 4.22. The first-order valence-electron chi connectivity index (χ1n) is 4.81. The molecule has 2 aromatic rings. The van der Waals surface area contributed by atoms with Crippen molar-refractivity contribution in [2.45, 2.75) is 26.3 Å². The van der Waals surface area contributed by atoms with E-state index in [0.29, 0.717) is 6.04 Å². The third-order valence-electron chi connectivity index (χ3n) is 2.53. The lowest BCUT2D eigenvalue weighted by Gasteiger charge is -2.11. The maximum atomic E-state index is 5.89. The summed E-state index contributed by atoms with van der Waals surface area (Å²) < 4.78 is 1.94. The summed E-state index contributed by atoms with van der Waals surface area (Å²) in [6, 6.07) is 2.17. The Morgan fingerprint density at radius 3 is 3.07 bits per heavy atom. The highest BCUT2D eigenvalue weighted by atomic mass is 15.3. The zero-order valence-electron chi connectivity index (χ0n) is 8.44. The first kappa shape index (κ1) is 8.99. The van der Waals surface area contributed by atoms with Crippen molar-refractivity contribution in [1.29, 1.82) is 0 Å². The number of pyridine rings is 1. The molecule has 14 heavy (non-hydrogen) atoms. The summed E-state index contributed by atoms with van der Waals surface area (Å²) in [7, 11) is 0. The number of nitrogen functional groups attached to an aromatic ring is 1. The van der Waals surface area contributed by atoms with E-state index in [1.165, 1.54) is 0 Å². The normalized spacial score (nSPS) is 13.3. The number of anilines is 1. The number of rotatable bonds is 2. The molecule has 2 heterocycles. The Kier molecular flexibility index (Phi) is 2.11. The molecule has 4 heteroatoms. The summed E-state index contributed by atoms with van der Waals surface area (Å²) in [5, 5.41) is 4.30. The Labute approximate surface area is 82.7 Å². The maximum Gasteiger partial charge on any atom is 0.110 e. The van der Waals surface area contributed by atoms with Gasteiger partial charge in [-0.2, -0.15) is 5.10 Å². The number of hydrogen-bond acceptors (Lipinski definition) is 3. The summed E-state index contributed by atoms with van der Waals surface area (Å²) >= 11 is 0. The Morgan fingerprint density at radius 1 is 1.57 bits per heavy atom. The van der Waals surface area contributed by atoms with Crippen molar-refractivity contribution in [3.8, 4) is 0 Å². The Hall–Kier alpha value is -1.58. The average Bonchev–Trinajstić information content (AvgIpc) is 2.62. The summed E-state index contributed by atoms with van der Waals surface area (Å²) in [6.07, 6.45) is 4.50. The molecule has 2 aromatic heterocycles. The molecule has 0 saturated carbocycles. The van der Waals surface area contributed by atoms with Crippen molar-refractivity contribution < 1.29 is 0 Å². The van der Waals surface area contributed by atoms with Crippen LogP contribution >= 0.6 is 0 Å². The van der Waals surface area contributed by atoms with Gasteiger partial charge in [0.15, 0.2) is 0 Å². The van der Waals surface area contributed by atoms with E-state index in [0.717, 1.165) is 23.1 Å². The second-order valence-corrected chi connectivity index (χ2v) is 3.48. The first-order chi connectivity index (χ1) is 6.74. The Balaban J connectivity index is 2.67. The molecule has 0 bridgehead atoms. The van der Waals surface area contributed by atoms with Crippen molar-refractivity contribution in [1.82, 2.24) is 14.8 Å². The molecule has 0 aliphatic carbocycles. The highest BCUT2D eigenvalue weighted by Crippen LogP contribution is 2.22. The molecule has 0 saturated heterocycles. The molecule has 1 atom stereocenters. The first-order valence-corrected chi connectivity index (χ1v) is 4.81. The number of aromatic nitrogens is 3. The number of nitrogens with zero attached hydrogens (tertiary/aromatic N) is 3. The van der Waals surface area contributed by atoms with Gasteiger partial charge in [0, 0.05) is 12.2 Å². The molecule has 0 amide bonds. The van der Waals surface area contributed by atoms with Crippen LogP contribution in [0, 0.1) is 0 Å². The minimum Gasteiger partial charge on any atom is -0.397 e. The van der Waals surface area contributed by atoms with Gasteiger partial charge in [-0.25, -0.2) is 0 Å². The third-order valence-corrected chi connectivity index (χ3v) is 2.53. The van der Waals surface area contributed by atoms with Gasteiger partial charge in [-0.05, 0) is 19.4 Å². The fourth-order valence-electron chi connectivity index (χ4n) is 1.51. The van der Waals surface area contributed by atoms with E-state index in [4.69, 9.17) is 5.73 Å². The van der Waals surface area contributed by atoms with Crippen LogP contribution in [-0.2, 0) is 0 Å². The standard InChI is InChI=1S/C10H14N4/c1-3-7(2)14-10-8(11)4-5-12-9(10)6-13-14/h4-7H,3H2,1-2H3,(H2,11,12). The van der Waals surface area contributed by atoms with Crippen molar-refractivity contribution in [2.75, 3.05) is 5.73 Å². The van der Waals surface area contributed by atoms with Gasteiger partial charge in [-0.3, -0.25) is 9.67 Å². The average molecular weight is 190 g/mol. The van der Waals surface area contributed by atoms with Crippen LogP contribution in [0.4, 0.5) is 5.69 Å². The lowest BCUT2D eigenvalue weighted by molar-refractivity contribution is 0.493. The van der Waals surface area contributed by atoms with Crippen molar-refractivity contribution in [3.63, 3.8) is 0 Å². The smallest absolute Gasteiger partial charge is 0.110 e. The number of hydrogen-bond donors (Lipinski definition) is 1. The predicted octanol–water partition coefficient (Wildman–Crippen LogP) is 1.98. The van der Waals surface area contributed by atoms with Gasteiger partial charge in [0.05, 0.1) is 11.9 Å². The van der Waals surface area contributed by atoms with Crippen molar-refractivity contribution >= 4 is 16.7 Å². The van der Waals surface area contributed by atoms with Gasteiger partial charge in [-0.15, -0.1) is 0 Å². The molecular weight excluding hydrogens is 176 g/mol. The number of fused-ring (bicyclic) bond motifs is 1. The molecule has 0 spiro atoms. The van der Waals surface area contributed by atoms with Gasteiger partial charge in [0.25, 0.3) is 0 Å². The van der Waals surface area contributed by atoms with E-state index in [1.54, 1.807) is 12.4 Å². The van der Waals surface area contributed by atoms with Gasteiger partial charge in [-0.1, -0.05) is 6.92 Å². The largest absolute Gasteiger partial charge is 0.397 e. The Morgan fingerprint density at radius 2 is 2.36 bits per heavy atom. The maximum absolute atomic E-state index is 5.89. The molecule has 1 unspecified atom stereocenters. The van der Waals surface area contributed by atoms with Crippen LogP contribution in [0.2, 0.25) is 0 Å². The molecule has 74 valence electrons. The zero-order chi connectivity index (χ0) is 10.1. The monoisotopic (exact) mass is 190 g/mol. The topological polar surface area (TPSA) is 56.7 Å². The van der Waals surface area contributed by atoms with Crippen LogP contribution in [0.25, 0.3) is 11.0 Å². The van der Waals surface area contributed by atoms with E-state index < -0.39 is 0 Å². The van der Waals surface area contributed by atoms with Gasteiger partial charge in [0.2, 0.25) is 0 Å². The number of nitrogens with two attached hydrogens (primary N) is 1. The second kappa shape index (κ2) is 3.29. The molecule has 2 N–H and O–H groups in total. The lowest BCUT2D eigenvalue weighted by atomic mass is 10.2. The van der Waals surface area contributed by atoms with E-state index in [2.05, 4.69) is 23.9 Å². The predicted molar refractivity (Wildman–Crippen MR) is 56.9 cm³/mol. The van der Waals surface area contributed by atoms with Crippen LogP contribution in [0.1, 0.15) is 26.3 Å². The van der Waals surface area contributed by atoms with Gasteiger partial charge >= 0.3 is 0 Å². The van der Waals surface area contributed by atoms with Crippen molar-refractivity contribution in [3.05, 3.63) is 18.5 Å². The van der Waals surface area contributed by atoms with Crippen LogP contribution in [0.15, 0.2) is 18.5 Å². The highest BCUT2D eigenvalue weighted by Gasteiger charge is 2.10. The quantitative estimate of drug-likeness (QED) is 0.787. The SMILES string of the molecule is CCC(C)n1ncc2nccc(N)c21. The summed E-state index contributed by atoms with van der Waals surface area (Å²) in [5.74, 6) is 0. The molecule has 0 fully saturated rings. The van der Waals surface area contributed by atoms with E-state index in [9.17, 15) is 0 Å². The zero-order valence-corrected chi connectivity index (χ0v) is 8.44.